The summed E-state index contributed by atoms with van der Waals surface area (Å²) in [6, 6.07) is 17.9. The third kappa shape index (κ3) is 4.96. The molecule has 0 bridgehead atoms. The average molecular weight is 416 g/mol. The van der Waals surface area contributed by atoms with E-state index < -0.39 is 0 Å². The molecule has 1 aromatic heterocycles. The SMILES string of the molecule is Cc1ccccc1SCC(=O)Nc1ccnn1Cc1ccc(Br)cc1. The quantitative estimate of drug-likeness (QED) is 0.591. The molecule has 0 fully saturated rings. The van der Waals surface area contributed by atoms with E-state index in [9.17, 15) is 4.79 Å². The van der Waals surface area contributed by atoms with E-state index in [4.69, 9.17) is 0 Å². The number of carbonyl (C=O) groups excluding carboxylic acids is 1. The second-order valence-electron chi connectivity index (χ2n) is 5.60. The Kier molecular flexibility index (Phi) is 5.94. The summed E-state index contributed by atoms with van der Waals surface area (Å²) in [5.74, 6) is 1.04. The van der Waals surface area contributed by atoms with Gasteiger partial charge >= 0.3 is 0 Å². The third-order valence-electron chi connectivity index (χ3n) is 3.68. The number of aryl methyl sites for hydroxylation is 1. The smallest absolute Gasteiger partial charge is 0.235 e. The van der Waals surface area contributed by atoms with E-state index in [2.05, 4.69) is 26.3 Å². The van der Waals surface area contributed by atoms with Crippen molar-refractivity contribution in [3.63, 3.8) is 0 Å². The van der Waals surface area contributed by atoms with Crippen LogP contribution >= 0.6 is 27.7 Å². The van der Waals surface area contributed by atoms with E-state index in [0.717, 1.165) is 14.9 Å². The van der Waals surface area contributed by atoms with Crippen molar-refractivity contribution >= 4 is 39.4 Å². The van der Waals surface area contributed by atoms with Crippen molar-refractivity contribution in [2.45, 2.75) is 18.4 Å². The number of rotatable bonds is 6. The summed E-state index contributed by atoms with van der Waals surface area (Å²) in [4.78, 5) is 13.4. The molecule has 25 heavy (non-hydrogen) atoms. The van der Waals surface area contributed by atoms with Gasteiger partial charge in [0.1, 0.15) is 5.82 Å². The number of hydrogen-bond acceptors (Lipinski definition) is 3. The number of amides is 1. The Morgan fingerprint density at radius 3 is 2.68 bits per heavy atom. The van der Waals surface area contributed by atoms with Crippen molar-refractivity contribution < 1.29 is 4.79 Å². The van der Waals surface area contributed by atoms with Crippen molar-refractivity contribution in [2.75, 3.05) is 11.1 Å². The monoisotopic (exact) mass is 415 g/mol. The number of nitrogens with one attached hydrogen (secondary N) is 1. The minimum absolute atomic E-state index is 0.0363. The fourth-order valence-electron chi connectivity index (χ4n) is 2.37. The van der Waals surface area contributed by atoms with Gasteiger partial charge in [-0.25, -0.2) is 4.68 Å². The molecular weight excluding hydrogens is 398 g/mol. The van der Waals surface area contributed by atoms with Crippen molar-refractivity contribution in [3.05, 3.63) is 76.4 Å². The zero-order valence-corrected chi connectivity index (χ0v) is 16.2. The highest BCUT2D eigenvalue weighted by molar-refractivity contribution is 9.10. The summed E-state index contributed by atoms with van der Waals surface area (Å²) >= 11 is 4.97. The Bertz CT molecular complexity index is 861. The molecule has 0 saturated carbocycles. The molecule has 6 heteroatoms. The normalized spacial score (nSPS) is 10.6. The highest BCUT2D eigenvalue weighted by Crippen LogP contribution is 2.22. The maximum atomic E-state index is 12.3. The van der Waals surface area contributed by atoms with E-state index in [1.165, 1.54) is 5.56 Å². The standard InChI is InChI=1S/C19H18BrN3OS/c1-14-4-2-3-5-17(14)25-13-19(24)22-18-10-11-21-23(18)12-15-6-8-16(20)9-7-15/h2-11H,12-13H2,1H3,(H,22,24). The molecular formula is C19H18BrN3OS. The molecule has 3 aromatic rings. The van der Waals surface area contributed by atoms with E-state index in [-0.39, 0.29) is 5.91 Å². The molecule has 0 aliphatic carbocycles. The van der Waals surface area contributed by atoms with Gasteiger partial charge in [-0.3, -0.25) is 4.79 Å². The molecule has 128 valence electrons. The van der Waals surface area contributed by atoms with Crippen LogP contribution in [0.5, 0.6) is 0 Å². The number of anilines is 1. The lowest BCUT2D eigenvalue weighted by Gasteiger charge is -2.10. The zero-order valence-electron chi connectivity index (χ0n) is 13.8. The van der Waals surface area contributed by atoms with Crippen LogP contribution in [0.15, 0.2) is 70.2 Å². The Hall–Kier alpha value is -2.05. The number of aromatic nitrogens is 2. The molecule has 0 aliphatic rings. The number of halogens is 1. The lowest BCUT2D eigenvalue weighted by molar-refractivity contribution is -0.113. The first-order valence-electron chi connectivity index (χ1n) is 7.86. The summed E-state index contributed by atoms with van der Waals surface area (Å²) in [5, 5.41) is 7.25. The van der Waals surface area contributed by atoms with Crippen LogP contribution in [-0.2, 0) is 11.3 Å². The lowest BCUT2D eigenvalue weighted by atomic mass is 10.2. The van der Waals surface area contributed by atoms with Gasteiger partial charge in [-0.15, -0.1) is 11.8 Å². The predicted octanol–water partition coefficient (Wildman–Crippen LogP) is 4.73. The minimum Gasteiger partial charge on any atom is -0.310 e. The van der Waals surface area contributed by atoms with Gasteiger partial charge in [-0.05, 0) is 36.2 Å². The zero-order chi connectivity index (χ0) is 17.6. The molecule has 1 N–H and O–H groups in total. The van der Waals surface area contributed by atoms with Gasteiger partial charge in [0.25, 0.3) is 0 Å². The number of carbonyl (C=O) groups is 1. The summed E-state index contributed by atoms with van der Waals surface area (Å²) in [6.07, 6.45) is 1.70. The lowest BCUT2D eigenvalue weighted by Crippen LogP contribution is -2.17. The van der Waals surface area contributed by atoms with Gasteiger partial charge in [0.15, 0.2) is 0 Å². The van der Waals surface area contributed by atoms with Crippen LogP contribution in [0.25, 0.3) is 0 Å². The Balaban J connectivity index is 1.59. The van der Waals surface area contributed by atoms with Gasteiger partial charge in [-0.2, -0.15) is 5.10 Å². The van der Waals surface area contributed by atoms with Crippen LogP contribution in [-0.4, -0.2) is 21.4 Å². The van der Waals surface area contributed by atoms with Crippen molar-refractivity contribution in [1.82, 2.24) is 9.78 Å². The molecule has 0 atom stereocenters. The molecule has 1 heterocycles. The maximum Gasteiger partial charge on any atom is 0.235 e. The van der Waals surface area contributed by atoms with Crippen LogP contribution in [0.2, 0.25) is 0 Å². The van der Waals surface area contributed by atoms with Gasteiger partial charge in [0, 0.05) is 15.4 Å². The number of benzene rings is 2. The van der Waals surface area contributed by atoms with E-state index in [0.29, 0.717) is 18.1 Å². The Morgan fingerprint density at radius 2 is 1.92 bits per heavy atom. The van der Waals surface area contributed by atoms with Crippen LogP contribution in [0, 0.1) is 6.92 Å². The molecule has 0 saturated heterocycles. The molecule has 0 aliphatic heterocycles. The summed E-state index contributed by atoms with van der Waals surface area (Å²) in [7, 11) is 0. The van der Waals surface area contributed by atoms with Crippen molar-refractivity contribution in [1.29, 1.82) is 0 Å². The molecule has 2 aromatic carbocycles. The molecule has 3 rings (SSSR count). The molecule has 4 nitrogen and oxygen atoms in total. The van der Waals surface area contributed by atoms with Gasteiger partial charge in [0.2, 0.25) is 5.91 Å². The Labute approximate surface area is 159 Å². The predicted molar refractivity (Wildman–Crippen MR) is 106 cm³/mol. The average Bonchev–Trinajstić information content (AvgIpc) is 3.03. The van der Waals surface area contributed by atoms with E-state index in [1.54, 1.807) is 22.6 Å². The minimum atomic E-state index is -0.0363. The fourth-order valence-corrected chi connectivity index (χ4v) is 3.46. The van der Waals surface area contributed by atoms with Gasteiger partial charge in [-0.1, -0.05) is 46.3 Å². The highest BCUT2D eigenvalue weighted by Gasteiger charge is 2.09. The summed E-state index contributed by atoms with van der Waals surface area (Å²) in [5.41, 5.74) is 2.30. The highest BCUT2D eigenvalue weighted by atomic mass is 79.9. The second-order valence-corrected chi connectivity index (χ2v) is 7.54. The second kappa shape index (κ2) is 8.36. The Morgan fingerprint density at radius 1 is 1.16 bits per heavy atom. The van der Waals surface area contributed by atoms with Crippen molar-refractivity contribution in [2.24, 2.45) is 0 Å². The van der Waals surface area contributed by atoms with Crippen molar-refractivity contribution in [3.8, 4) is 0 Å². The van der Waals surface area contributed by atoms with Crippen LogP contribution in [0.1, 0.15) is 11.1 Å². The number of hydrogen-bond donors (Lipinski definition) is 1. The van der Waals surface area contributed by atoms with Crippen LogP contribution in [0.3, 0.4) is 0 Å². The van der Waals surface area contributed by atoms with E-state index in [1.807, 2.05) is 61.5 Å². The largest absolute Gasteiger partial charge is 0.310 e. The molecule has 0 radical (unpaired) electrons. The molecule has 0 spiro atoms. The first-order valence-corrected chi connectivity index (χ1v) is 9.64. The number of nitrogens with zero attached hydrogens (tertiary/aromatic N) is 2. The van der Waals surface area contributed by atoms with E-state index >= 15 is 0 Å². The first kappa shape index (κ1) is 17.8. The topological polar surface area (TPSA) is 46.9 Å². The number of thioether (sulfide) groups is 1. The van der Waals surface area contributed by atoms with Crippen LogP contribution in [0.4, 0.5) is 5.82 Å². The summed E-state index contributed by atoms with van der Waals surface area (Å²) < 4.78 is 2.83. The van der Waals surface area contributed by atoms with Crippen LogP contribution < -0.4 is 5.32 Å². The van der Waals surface area contributed by atoms with Gasteiger partial charge < -0.3 is 5.32 Å². The third-order valence-corrected chi connectivity index (χ3v) is 5.39. The maximum absolute atomic E-state index is 12.3. The van der Waals surface area contributed by atoms with Gasteiger partial charge in [0.05, 0.1) is 18.5 Å². The molecule has 1 amide bonds. The fraction of sp³-hybridized carbons (Fsp3) is 0.158. The molecule has 0 unspecified atom stereocenters. The first-order chi connectivity index (χ1) is 12.1. The summed E-state index contributed by atoms with van der Waals surface area (Å²) in [6.45, 7) is 2.66.